The van der Waals surface area contributed by atoms with E-state index in [9.17, 15) is 9.59 Å². The van der Waals surface area contributed by atoms with E-state index in [-0.39, 0.29) is 16.7 Å². The standard InChI is InChI=1S/C15H13N3O2S2/c1-9(12(19)16-10-5-3-2-4-6-10)22-15-17-13(20)11-7-8-21-14(11)18-15/h2-9H,1H3,(H,16,19)(H,17,18,20)/t9-/m1/s1. The van der Waals surface area contributed by atoms with Crippen LogP contribution < -0.4 is 10.9 Å². The first kappa shape index (κ1) is 14.8. The maximum atomic E-state index is 12.2. The Kier molecular flexibility index (Phi) is 4.26. The lowest BCUT2D eigenvalue weighted by Crippen LogP contribution is -2.23. The molecule has 0 bridgehead atoms. The minimum absolute atomic E-state index is 0.134. The van der Waals surface area contributed by atoms with E-state index in [1.807, 2.05) is 35.7 Å². The summed E-state index contributed by atoms with van der Waals surface area (Å²) < 4.78 is 0. The average molecular weight is 331 g/mol. The number of para-hydroxylation sites is 1. The number of anilines is 1. The molecule has 112 valence electrons. The van der Waals surface area contributed by atoms with Gasteiger partial charge in [0.1, 0.15) is 4.83 Å². The number of carbonyl (C=O) groups excluding carboxylic acids is 1. The van der Waals surface area contributed by atoms with Crippen LogP contribution in [0.1, 0.15) is 6.92 Å². The zero-order chi connectivity index (χ0) is 15.5. The predicted molar refractivity (Wildman–Crippen MR) is 90.6 cm³/mol. The molecule has 1 atom stereocenters. The van der Waals surface area contributed by atoms with Gasteiger partial charge in [0.15, 0.2) is 5.16 Å². The van der Waals surface area contributed by atoms with Gasteiger partial charge in [-0.1, -0.05) is 30.0 Å². The number of rotatable bonds is 4. The highest BCUT2D eigenvalue weighted by Crippen LogP contribution is 2.23. The van der Waals surface area contributed by atoms with Crippen molar-refractivity contribution in [3.05, 3.63) is 52.1 Å². The number of hydrogen-bond donors (Lipinski definition) is 2. The van der Waals surface area contributed by atoms with E-state index < -0.39 is 0 Å². The van der Waals surface area contributed by atoms with Crippen molar-refractivity contribution < 1.29 is 4.79 Å². The van der Waals surface area contributed by atoms with Crippen LogP contribution >= 0.6 is 23.1 Å². The van der Waals surface area contributed by atoms with Gasteiger partial charge >= 0.3 is 0 Å². The summed E-state index contributed by atoms with van der Waals surface area (Å²) in [4.78, 5) is 31.8. The molecular formula is C15H13N3O2S2. The van der Waals surface area contributed by atoms with Gasteiger partial charge in [-0.15, -0.1) is 11.3 Å². The third-order valence-corrected chi connectivity index (χ3v) is 4.80. The summed E-state index contributed by atoms with van der Waals surface area (Å²) in [6.07, 6.45) is 0. The van der Waals surface area contributed by atoms with E-state index in [2.05, 4.69) is 15.3 Å². The molecule has 0 aliphatic heterocycles. The van der Waals surface area contributed by atoms with Crippen molar-refractivity contribution in [2.24, 2.45) is 0 Å². The highest BCUT2D eigenvalue weighted by molar-refractivity contribution is 8.00. The highest BCUT2D eigenvalue weighted by Gasteiger charge is 2.16. The summed E-state index contributed by atoms with van der Waals surface area (Å²) >= 11 is 2.64. The molecule has 0 saturated carbocycles. The van der Waals surface area contributed by atoms with Gasteiger partial charge in [-0.2, -0.15) is 0 Å². The molecule has 2 heterocycles. The molecule has 3 rings (SSSR count). The van der Waals surface area contributed by atoms with Crippen LogP contribution in [0.2, 0.25) is 0 Å². The SMILES string of the molecule is C[C@@H](Sc1nc2sccc2c(=O)[nH]1)C(=O)Nc1ccccc1. The topological polar surface area (TPSA) is 74.8 Å². The Balaban J connectivity index is 1.73. The largest absolute Gasteiger partial charge is 0.325 e. The van der Waals surface area contributed by atoms with Gasteiger partial charge in [-0.25, -0.2) is 4.98 Å². The van der Waals surface area contributed by atoms with Crippen molar-refractivity contribution >= 4 is 44.9 Å². The summed E-state index contributed by atoms with van der Waals surface area (Å²) in [5.41, 5.74) is 0.569. The van der Waals surface area contributed by atoms with Gasteiger partial charge < -0.3 is 10.3 Å². The van der Waals surface area contributed by atoms with Crippen LogP contribution in [-0.4, -0.2) is 21.1 Å². The van der Waals surface area contributed by atoms with Crippen LogP contribution in [0.3, 0.4) is 0 Å². The number of amides is 1. The molecule has 1 amide bonds. The van der Waals surface area contributed by atoms with Crippen molar-refractivity contribution in [3.8, 4) is 0 Å². The van der Waals surface area contributed by atoms with Crippen molar-refractivity contribution in [2.75, 3.05) is 5.32 Å². The summed E-state index contributed by atoms with van der Waals surface area (Å²) in [5.74, 6) is -0.134. The fourth-order valence-corrected chi connectivity index (χ4v) is 3.51. The van der Waals surface area contributed by atoms with Crippen LogP contribution in [0.5, 0.6) is 0 Å². The first-order valence-corrected chi connectivity index (χ1v) is 8.39. The van der Waals surface area contributed by atoms with Gasteiger partial charge in [0, 0.05) is 5.69 Å². The van der Waals surface area contributed by atoms with Crippen molar-refractivity contribution in [2.45, 2.75) is 17.3 Å². The van der Waals surface area contributed by atoms with Gasteiger partial charge in [-0.05, 0) is 30.5 Å². The fourth-order valence-electron chi connectivity index (χ4n) is 1.89. The number of thiophene rings is 1. The maximum Gasteiger partial charge on any atom is 0.260 e. The van der Waals surface area contributed by atoms with Crippen molar-refractivity contribution in [1.29, 1.82) is 0 Å². The molecule has 22 heavy (non-hydrogen) atoms. The van der Waals surface area contributed by atoms with Gasteiger partial charge in [0.05, 0.1) is 10.6 Å². The lowest BCUT2D eigenvalue weighted by Gasteiger charge is -2.11. The van der Waals surface area contributed by atoms with E-state index in [0.29, 0.717) is 15.4 Å². The van der Waals surface area contributed by atoms with Crippen molar-refractivity contribution in [1.82, 2.24) is 9.97 Å². The fraction of sp³-hybridized carbons (Fsp3) is 0.133. The van der Waals surface area contributed by atoms with Crippen LogP contribution in [0.25, 0.3) is 10.2 Å². The number of benzene rings is 1. The van der Waals surface area contributed by atoms with E-state index >= 15 is 0 Å². The first-order chi connectivity index (χ1) is 10.6. The third kappa shape index (κ3) is 3.20. The lowest BCUT2D eigenvalue weighted by molar-refractivity contribution is -0.115. The third-order valence-electron chi connectivity index (χ3n) is 3.01. The van der Waals surface area contributed by atoms with Gasteiger partial charge in [0.2, 0.25) is 5.91 Å². The molecular weight excluding hydrogens is 318 g/mol. The molecule has 2 aromatic heterocycles. The molecule has 0 unspecified atom stereocenters. The molecule has 0 saturated heterocycles. The lowest BCUT2D eigenvalue weighted by atomic mass is 10.3. The Morgan fingerprint density at radius 1 is 1.32 bits per heavy atom. The van der Waals surface area contributed by atoms with E-state index in [1.54, 1.807) is 13.0 Å². The molecule has 0 spiro atoms. The van der Waals surface area contributed by atoms with Crippen molar-refractivity contribution in [3.63, 3.8) is 0 Å². The molecule has 2 N–H and O–H groups in total. The van der Waals surface area contributed by atoms with Crippen LogP contribution in [0.15, 0.2) is 51.7 Å². The number of fused-ring (bicyclic) bond motifs is 1. The Hall–Kier alpha value is -2.12. The zero-order valence-electron chi connectivity index (χ0n) is 11.7. The highest BCUT2D eigenvalue weighted by atomic mass is 32.2. The first-order valence-electron chi connectivity index (χ1n) is 6.63. The molecule has 0 aliphatic rings. The minimum Gasteiger partial charge on any atom is -0.325 e. The van der Waals surface area contributed by atoms with E-state index in [1.165, 1.54) is 23.1 Å². The molecule has 0 radical (unpaired) electrons. The molecule has 7 heteroatoms. The smallest absolute Gasteiger partial charge is 0.260 e. The molecule has 3 aromatic rings. The second-order valence-corrected chi connectivity index (χ2v) is 6.85. The maximum absolute atomic E-state index is 12.2. The second-order valence-electron chi connectivity index (χ2n) is 4.63. The number of carbonyl (C=O) groups is 1. The normalized spacial score (nSPS) is 12.2. The quantitative estimate of drug-likeness (QED) is 0.569. The summed E-state index contributed by atoms with van der Waals surface area (Å²) in [6, 6.07) is 11.0. The Morgan fingerprint density at radius 3 is 2.86 bits per heavy atom. The number of aromatic nitrogens is 2. The van der Waals surface area contributed by atoms with Gasteiger partial charge in [0.25, 0.3) is 5.56 Å². The second kappa shape index (κ2) is 6.33. The van der Waals surface area contributed by atoms with Crippen LogP contribution in [-0.2, 0) is 4.79 Å². The monoisotopic (exact) mass is 331 g/mol. The number of aromatic amines is 1. The summed E-state index contributed by atoms with van der Waals surface area (Å²) in [6.45, 7) is 1.78. The Bertz CT molecular complexity index is 858. The predicted octanol–water partition coefficient (Wildman–Crippen LogP) is 3.10. The average Bonchev–Trinajstić information content (AvgIpc) is 2.97. The molecule has 1 aromatic carbocycles. The summed E-state index contributed by atoms with van der Waals surface area (Å²) in [7, 11) is 0. The Labute approximate surface area is 134 Å². The van der Waals surface area contributed by atoms with E-state index in [4.69, 9.17) is 0 Å². The number of nitrogens with zero attached hydrogens (tertiary/aromatic N) is 1. The molecule has 5 nitrogen and oxygen atoms in total. The zero-order valence-corrected chi connectivity index (χ0v) is 13.3. The molecule has 0 aliphatic carbocycles. The molecule has 0 fully saturated rings. The summed E-state index contributed by atoms with van der Waals surface area (Å²) in [5, 5.41) is 5.32. The van der Waals surface area contributed by atoms with E-state index in [0.717, 1.165) is 5.69 Å². The minimum atomic E-state index is -0.374. The Morgan fingerprint density at radius 2 is 2.09 bits per heavy atom. The number of hydrogen-bond acceptors (Lipinski definition) is 5. The number of nitrogens with one attached hydrogen (secondary N) is 2. The van der Waals surface area contributed by atoms with Crippen LogP contribution in [0.4, 0.5) is 5.69 Å². The van der Waals surface area contributed by atoms with Crippen LogP contribution in [0, 0.1) is 0 Å². The number of thioether (sulfide) groups is 1. The van der Waals surface area contributed by atoms with Gasteiger partial charge in [-0.3, -0.25) is 9.59 Å². The number of H-pyrrole nitrogens is 1.